The maximum absolute atomic E-state index is 5.68. The maximum Gasteiger partial charge on any atom is 0.119 e. The van der Waals surface area contributed by atoms with Crippen molar-refractivity contribution in [2.24, 2.45) is 5.84 Å². The van der Waals surface area contributed by atoms with E-state index >= 15 is 0 Å². The minimum atomic E-state index is 0.162. The SMILES string of the molecule is NNC(CCOc1ccccc1)Cc1cncc(Br)c1. The molecule has 2 rings (SSSR count). The second-order valence-electron chi connectivity index (χ2n) is 4.53. The van der Waals surface area contributed by atoms with Gasteiger partial charge in [-0.05, 0) is 52.5 Å². The fourth-order valence-electron chi connectivity index (χ4n) is 1.93. The third-order valence-corrected chi connectivity index (χ3v) is 3.39. The summed E-state index contributed by atoms with van der Waals surface area (Å²) in [7, 11) is 0. The van der Waals surface area contributed by atoms with Crippen molar-refractivity contribution in [3.05, 3.63) is 58.8 Å². The van der Waals surface area contributed by atoms with Crippen molar-refractivity contribution >= 4 is 15.9 Å². The second-order valence-corrected chi connectivity index (χ2v) is 5.44. The molecule has 0 saturated heterocycles. The third-order valence-electron chi connectivity index (χ3n) is 2.96. The smallest absolute Gasteiger partial charge is 0.119 e. The van der Waals surface area contributed by atoms with E-state index in [0.717, 1.165) is 28.6 Å². The quantitative estimate of drug-likeness (QED) is 0.603. The summed E-state index contributed by atoms with van der Waals surface area (Å²) < 4.78 is 6.66. The van der Waals surface area contributed by atoms with Gasteiger partial charge in [0.2, 0.25) is 0 Å². The van der Waals surface area contributed by atoms with Gasteiger partial charge in [0.15, 0.2) is 0 Å². The van der Waals surface area contributed by atoms with Gasteiger partial charge in [-0.15, -0.1) is 0 Å². The van der Waals surface area contributed by atoms with Crippen LogP contribution in [0.2, 0.25) is 0 Å². The van der Waals surface area contributed by atoms with Crippen LogP contribution in [-0.4, -0.2) is 17.6 Å². The Morgan fingerprint density at radius 3 is 2.75 bits per heavy atom. The van der Waals surface area contributed by atoms with E-state index in [2.05, 4.69) is 32.4 Å². The highest BCUT2D eigenvalue weighted by molar-refractivity contribution is 9.10. The van der Waals surface area contributed by atoms with Crippen LogP contribution >= 0.6 is 15.9 Å². The summed E-state index contributed by atoms with van der Waals surface area (Å²) in [4.78, 5) is 4.15. The summed E-state index contributed by atoms with van der Waals surface area (Å²) in [5, 5.41) is 0. The van der Waals surface area contributed by atoms with Gasteiger partial charge in [0.05, 0.1) is 6.61 Å². The minimum Gasteiger partial charge on any atom is -0.494 e. The lowest BCUT2D eigenvalue weighted by molar-refractivity contribution is 0.285. The molecule has 1 atom stereocenters. The van der Waals surface area contributed by atoms with Gasteiger partial charge < -0.3 is 4.74 Å². The average Bonchev–Trinajstić information content (AvgIpc) is 2.47. The van der Waals surface area contributed by atoms with E-state index in [9.17, 15) is 0 Å². The molecule has 20 heavy (non-hydrogen) atoms. The highest BCUT2D eigenvalue weighted by Crippen LogP contribution is 2.13. The Labute approximate surface area is 127 Å². The normalized spacial score (nSPS) is 12.1. The number of halogens is 1. The van der Waals surface area contributed by atoms with Gasteiger partial charge in [-0.3, -0.25) is 16.3 Å². The number of aromatic nitrogens is 1. The summed E-state index contributed by atoms with van der Waals surface area (Å²) in [5.41, 5.74) is 3.97. The van der Waals surface area contributed by atoms with Crippen molar-refractivity contribution < 1.29 is 4.74 Å². The van der Waals surface area contributed by atoms with Crippen molar-refractivity contribution in [3.63, 3.8) is 0 Å². The summed E-state index contributed by atoms with van der Waals surface area (Å²) in [6.07, 6.45) is 5.28. The molecule has 106 valence electrons. The number of hydrazine groups is 1. The molecule has 0 radical (unpaired) electrons. The van der Waals surface area contributed by atoms with E-state index in [-0.39, 0.29) is 6.04 Å². The van der Waals surface area contributed by atoms with Crippen LogP contribution in [0.15, 0.2) is 53.3 Å². The van der Waals surface area contributed by atoms with Gasteiger partial charge in [0.25, 0.3) is 0 Å². The highest BCUT2D eigenvalue weighted by Gasteiger charge is 2.08. The van der Waals surface area contributed by atoms with E-state index < -0.39 is 0 Å². The zero-order valence-electron chi connectivity index (χ0n) is 11.1. The zero-order valence-corrected chi connectivity index (χ0v) is 12.7. The topological polar surface area (TPSA) is 60.2 Å². The molecule has 1 heterocycles. The van der Waals surface area contributed by atoms with Crippen molar-refractivity contribution in [2.75, 3.05) is 6.61 Å². The molecule has 0 bridgehead atoms. The molecule has 5 heteroatoms. The monoisotopic (exact) mass is 335 g/mol. The Balaban J connectivity index is 1.80. The van der Waals surface area contributed by atoms with Gasteiger partial charge >= 0.3 is 0 Å². The molecular formula is C15H18BrN3O. The molecular weight excluding hydrogens is 318 g/mol. The van der Waals surface area contributed by atoms with Gasteiger partial charge in [0, 0.05) is 22.9 Å². The lowest BCUT2D eigenvalue weighted by Crippen LogP contribution is -2.38. The van der Waals surface area contributed by atoms with Gasteiger partial charge in [-0.25, -0.2) is 0 Å². The predicted molar refractivity (Wildman–Crippen MR) is 83.3 cm³/mol. The molecule has 0 spiro atoms. The van der Waals surface area contributed by atoms with E-state index in [4.69, 9.17) is 10.6 Å². The van der Waals surface area contributed by atoms with Crippen LogP contribution in [0.25, 0.3) is 0 Å². The Hall–Kier alpha value is -1.43. The minimum absolute atomic E-state index is 0.162. The summed E-state index contributed by atoms with van der Waals surface area (Å²) >= 11 is 3.42. The Bertz CT molecular complexity index is 522. The molecule has 0 fully saturated rings. The zero-order chi connectivity index (χ0) is 14.2. The van der Waals surface area contributed by atoms with E-state index in [0.29, 0.717) is 6.61 Å². The van der Waals surface area contributed by atoms with Gasteiger partial charge in [-0.1, -0.05) is 18.2 Å². The molecule has 0 amide bonds. The molecule has 3 N–H and O–H groups in total. The molecule has 0 aliphatic carbocycles. The van der Waals surface area contributed by atoms with Crippen molar-refractivity contribution in [1.82, 2.24) is 10.4 Å². The number of para-hydroxylation sites is 1. The first-order valence-electron chi connectivity index (χ1n) is 6.51. The average molecular weight is 336 g/mol. The number of hydrogen-bond donors (Lipinski definition) is 2. The first-order chi connectivity index (χ1) is 9.78. The number of nitrogens with two attached hydrogens (primary N) is 1. The number of nitrogens with one attached hydrogen (secondary N) is 1. The largest absolute Gasteiger partial charge is 0.494 e. The Kier molecular flexibility index (Phi) is 5.98. The molecule has 0 aliphatic heterocycles. The highest BCUT2D eigenvalue weighted by atomic mass is 79.9. The van der Waals surface area contributed by atoms with Crippen LogP contribution in [0, 0.1) is 0 Å². The van der Waals surface area contributed by atoms with Gasteiger partial charge in [0.1, 0.15) is 5.75 Å². The van der Waals surface area contributed by atoms with E-state index in [1.165, 1.54) is 0 Å². The Morgan fingerprint density at radius 2 is 2.05 bits per heavy atom. The van der Waals surface area contributed by atoms with Crippen molar-refractivity contribution in [1.29, 1.82) is 0 Å². The fourth-order valence-corrected chi connectivity index (χ4v) is 2.34. The van der Waals surface area contributed by atoms with Crippen LogP contribution < -0.4 is 16.0 Å². The van der Waals surface area contributed by atoms with Crippen molar-refractivity contribution in [2.45, 2.75) is 18.9 Å². The van der Waals surface area contributed by atoms with Gasteiger partial charge in [-0.2, -0.15) is 0 Å². The molecule has 1 aromatic carbocycles. The summed E-state index contributed by atoms with van der Waals surface area (Å²) in [5.74, 6) is 6.48. The van der Waals surface area contributed by atoms with E-state index in [1.807, 2.05) is 36.5 Å². The maximum atomic E-state index is 5.68. The fraction of sp³-hybridized carbons (Fsp3) is 0.267. The molecule has 0 saturated carbocycles. The Morgan fingerprint density at radius 1 is 1.25 bits per heavy atom. The van der Waals surface area contributed by atoms with Crippen LogP contribution in [0.3, 0.4) is 0 Å². The number of benzene rings is 1. The van der Waals surface area contributed by atoms with Crippen LogP contribution in [0.1, 0.15) is 12.0 Å². The first kappa shape index (κ1) is 15.0. The lowest BCUT2D eigenvalue weighted by Gasteiger charge is -2.16. The lowest BCUT2D eigenvalue weighted by atomic mass is 10.1. The third kappa shape index (κ3) is 4.92. The molecule has 0 aliphatic rings. The molecule has 2 aromatic rings. The van der Waals surface area contributed by atoms with E-state index in [1.54, 1.807) is 6.20 Å². The van der Waals surface area contributed by atoms with Crippen LogP contribution in [0.5, 0.6) is 5.75 Å². The number of hydrogen-bond acceptors (Lipinski definition) is 4. The first-order valence-corrected chi connectivity index (χ1v) is 7.30. The molecule has 1 aromatic heterocycles. The van der Waals surface area contributed by atoms with Crippen LogP contribution in [-0.2, 0) is 6.42 Å². The van der Waals surface area contributed by atoms with Crippen molar-refractivity contribution in [3.8, 4) is 5.75 Å². The summed E-state index contributed by atoms with van der Waals surface area (Å²) in [6.45, 7) is 0.625. The summed E-state index contributed by atoms with van der Waals surface area (Å²) in [6, 6.07) is 12.0. The number of nitrogens with zero attached hydrogens (tertiary/aromatic N) is 1. The predicted octanol–water partition coefficient (Wildman–Crippen LogP) is 2.69. The molecule has 4 nitrogen and oxygen atoms in total. The molecule has 1 unspecified atom stereocenters. The number of pyridine rings is 1. The van der Waals surface area contributed by atoms with Crippen LogP contribution in [0.4, 0.5) is 0 Å². The second kappa shape index (κ2) is 7.99. The number of rotatable bonds is 7. The number of ether oxygens (including phenoxy) is 1. The standard InChI is InChI=1S/C15H18BrN3O/c16-13-8-12(10-18-11-13)9-14(19-17)6-7-20-15-4-2-1-3-5-15/h1-5,8,10-11,14,19H,6-7,9,17H2.